The van der Waals surface area contributed by atoms with Crippen LogP contribution in [0.4, 0.5) is 16.2 Å². The Hall–Kier alpha value is -2.48. The number of carbonyl (C=O) groups is 1. The van der Waals surface area contributed by atoms with Crippen molar-refractivity contribution in [1.82, 2.24) is 9.88 Å². The molecule has 8 heteroatoms. The molecule has 0 aromatic carbocycles. The van der Waals surface area contributed by atoms with Gasteiger partial charge in [0.15, 0.2) is 0 Å². The number of hydrogen-bond acceptors (Lipinski definition) is 5. The van der Waals surface area contributed by atoms with Gasteiger partial charge in [0.1, 0.15) is 11.9 Å². The summed E-state index contributed by atoms with van der Waals surface area (Å²) in [6, 6.07) is 4.89. The van der Waals surface area contributed by atoms with Crippen molar-refractivity contribution in [2.45, 2.75) is 13.5 Å². The zero-order valence-corrected chi connectivity index (χ0v) is 12.2. The largest absolute Gasteiger partial charge is 0.322 e. The summed E-state index contributed by atoms with van der Waals surface area (Å²) in [5.74, 6) is 0. The number of anilines is 1. The Morgan fingerprint density at radius 2 is 2.33 bits per heavy atom. The molecule has 0 spiro atoms. The molecule has 0 aliphatic carbocycles. The molecular weight excluding hydrogens is 292 g/mol. The third-order valence-electron chi connectivity index (χ3n) is 2.83. The fourth-order valence-electron chi connectivity index (χ4n) is 1.75. The molecule has 0 aliphatic rings. The van der Waals surface area contributed by atoms with Gasteiger partial charge in [-0.15, -0.1) is 11.3 Å². The second-order valence-corrected chi connectivity index (χ2v) is 5.21. The number of nitrogens with one attached hydrogen (secondary N) is 1. The summed E-state index contributed by atoms with van der Waals surface area (Å²) < 4.78 is 0. The Kier molecular flexibility index (Phi) is 4.83. The lowest BCUT2D eigenvalue weighted by atomic mass is 10.3. The number of hydrogen-bond donors (Lipinski definition) is 1. The second kappa shape index (κ2) is 6.80. The summed E-state index contributed by atoms with van der Waals surface area (Å²) in [5, 5.41) is 15.4. The van der Waals surface area contributed by atoms with E-state index in [2.05, 4.69) is 10.3 Å². The lowest BCUT2D eigenvalue weighted by molar-refractivity contribution is -0.384. The predicted octanol–water partition coefficient (Wildman–Crippen LogP) is 3.11. The SMILES string of the molecule is CCN(Cc1cccs1)C(=O)Nc1ccncc1[N+](=O)[O-]. The Bertz CT molecular complexity index is 630. The summed E-state index contributed by atoms with van der Waals surface area (Å²) in [5.41, 5.74) is -0.0809. The van der Waals surface area contributed by atoms with Crippen LogP contribution in [0, 0.1) is 10.1 Å². The highest BCUT2D eigenvalue weighted by Crippen LogP contribution is 2.22. The van der Waals surface area contributed by atoms with Crippen LogP contribution in [0.15, 0.2) is 36.0 Å². The predicted molar refractivity (Wildman–Crippen MR) is 80.3 cm³/mol. The Morgan fingerprint density at radius 3 is 2.95 bits per heavy atom. The number of carbonyl (C=O) groups excluding carboxylic acids is 1. The number of nitrogens with zero attached hydrogens (tertiary/aromatic N) is 3. The number of nitro groups is 1. The zero-order chi connectivity index (χ0) is 15.2. The van der Waals surface area contributed by atoms with Crippen molar-refractivity contribution in [2.75, 3.05) is 11.9 Å². The molecule has 0 atom stereocenters. The zero-order valence-electron chi connectivity index (χ0n) is 11.4. The number of aromatic nitrogens is 1. The van der Waals surface area contributed by atoms with Crippen LogP contribution in [0.5, 0.6) is 0 Å². The van der Waals surface area contributed by atoms with Crippen molar-refractivity contribution in [1.29, 1.82) is 0 Å². The molecule has 0 aliphatic heterocycles. The van der Waals surface area contributed by atoms with Crippen LogP contribution < -0.4 is 5.32 Å². The van der Waals surface area contributed by atoms with Crippen LogP contribution in [0.2, 0.25) is 0 Å². The third-order valence-corrected chi connectivity index (χ3v) is 3.70. The van der Waals surface area contributed by atoms with E-state index >= 15 is 0 Å². The van der Waals surface area contributed by atoms with Crippen LogP contribution >= 0.6 is 11.3 Å². The molecule has 2 heterocycles. The first-order valence-corrected chi connectivity index (χ1v) is 7.16. The van der Waals surface area contributed by atoms with Gasteiger partial charge >= 0.3 is 11.7 Å². The molecule has 0 fully saturated rings. The number of amides is 2. The van der Waals surface area contributed by atoms with Gasteiger partial charge in [-0.3, -0.25) is 15.1 Å². The highest BCUT2D eigenvalue weighted by molar-refractivity contribution is 7.09. The first-order chi connectivity index (χ1) is 10.1. The van der Waals surface area contributed by atoms with Gasteiger partial charge in [-0.25, -0.2) is 4.79 Å². The van der Waals surface area contributed by atoms with Crippen LogP contribution in [-0.2, 0) is 6.54 Å². The highest BCUT2D eigenvalue weighted by atomic mass is 32.1. The van der Waals surface area contributed by atoms with Crippen LogP contribution in [0.25, 0.3) is 0 Å². The average Bonchev–Trinajstić information content (AvgIpc) is 2.98. The van der Waals surface area contributed by atoms with Crippen molar-refractivity contribution in [3.8, 4) is 0 Å². The maximum Gasteiger partial charge on any atom is 0.322 e. The smallest absolute Gasteiger partial charge is 0.320 e. The van der Waals surface area contributed by atoms with Gasteiger partial charge in [-0.2, -0.15) is 0 Å². The highest BCUT2D eigenvalue weighted by Gasteiger charge is 2.19. The van der Waals surface area contributed by atoms with E-state index in [9.17, 15) is 14.9 Å². The summed E-state index contributed by atoms with van der Waals surface area (Å²) in [4.78, 5) is 28.9. The van der Waals surface area contributed by atoms with Gasteiger partial charge in [-0.1, -0.05) is 6.07 Å². The van der Waals surface area contributed by atoms with Gasteiger partial charge in [0.25, 0.3) is 0 Å². The van der Waals surface area contributed by atoms with Crippen molar-refractivity contribution in [3.05, 3.63) is 51.0 Å². The molecule has 0 radical (unpaired) electrons. The van der Waals surface area contributed by atoms with E-state index in [0.717, 1.165) is 11.1 Å². The first-order valence-electron chi connectivity index (χ1n) is 6.28. The lowest BCUT2D eigenvalue weighted by Gasteiger charge is -2.20. The van der Waals surface area contributed by atoms with Gasteiger partial charge in [0.05, 0.1) is 11.5 Å². The summed E-state index contributed by atoms with van der Waals surface area (Å²) >= 11 is 1.56. The van der Waals surface area contributed by atoms with E-state index in [0.29, 0.717) is 13.1 Å². The van der Waals surface area contributed by atoms with Crippen molar-refractivity contribution < 1.29 is 9.72 Å². The Labute approximate surface area is 125 Å². The molecule has 2 aromatic rings. The molecule has 7 nitrogen and oxygen atoms in total. The maximum absolute atomic E-state index is 12.2. The molecule has 0 bridgehead atoms. The Balaban J connectivity index is 2.11. The topological polar surface area (TPSA) is 88.4 Å². The standard InChI is InChI=1S/C13H14N4O3S/c1-2-16(9-10-4-3-7-21-10)13(18)15-11-5-6-14-8-12(11)17(19)20/h3-8H,2,9H2,1H3,(H,14,15,18). The number of thiophene rings is 1. The van der Waals surface area contributed by atoms with E-state index in [1.54, 1.807) is 16.2 Å². The number of pyridine rings is 1. The summed E-state index contributed by atoms with van der Waals surface area (Å²) in [6.07, 6.45) is 2.52. The number of urea groups is 1. The monoisotopic (exact) mass is 306 g/mol. The van der Waals surface area contributed by atoms with E-state index in [1.807, 2.05) is 24.4 Å². The van der Waals surface area contributed by atoms with E-state index in [-0.39, 0.29) is 17.4 Å². The molecule has 0 saturated carbocycles. The van der Waals surface area contributed by atoms with Crippen LogP contribution in [0.1, 0.15) is 11.8 Å². The van der Waals surface area contributed by atoms with Gasteiger partial charge in [0, 0.05) is 17.6 Å². The molecule has 2 rings (SSSR count). The molecule has 2 aromatic heterocycles. The summed E-state index contributed by atoms with van der Waals surface area (Å²) in [7, 11) is 0. The molecule has 0 unspecified atom stereocenters. The lowest BCUT2D eigenvalue weighted by Crippen LogP contribution is -2.34. The van der Waals surface area contributed by atoms with Gasteiger partial charge in [0.2, 0.25) is 0 Å². The molecule has 1 N–H and O–H groups in total. The first kappa shape index (κ1) is 14.9. The average molecular weight is 306 g/mol. The van der Waals surface area contributed by atoms with Gasteiger partial charge < -0.3 is 10.2 Å². The summed E-state index contributed by atoms with van der Waals surface area (Å²) in [6.45, 7) is 2.83. The second-order valence-electron chi connectivity index (χ2n) is 4.17. The van der Waals surface area contributed by atoms with Crippen molar-refractivity contribution in [2.24, 2.45) is 0 Å². The molecule has 2 amide bonds. The van der Waals surface area contributed by atoms with Gasteiger partial charge in [-0.05, 0) is 24.4 Å². The van der Waals surface area contributed by atoms with E-state index < -0.39 is 4.92 Å². The van der Waals surface area contributed by atoms with Crippen molar-refractivity contribution in [3.63, 3.8) is 0 Å². The number of rotatable bonds is 5. The van der Waals surface area contributed by atoms with E-state index in [1.165, 1.54) is 12.3 Å². The Morgan fingerprint density at radius 1 is 1.52 bits per heavy atom. The van der Waals surface area contributed by atoms with Crippen LogP contribution in [0.3, 0.4) is 0 Å². The fourth-order valence-corrected chi connectivity index (χ4v) is 2.47. The minimum absolute atomic E-state index is 0.143. The molecule has 110 valence electrons. The third kappa shape index (κ3) is 3.76. The quantitative estimate of drug-likeness (QED) is 0.679. The van der Waals surface area contributed by atoms with Crippen molar-refractivity contribution >= 4 is 28.7 Å². The normalized spacial score (nSPS) is 10.1. The minimum Gasteiger partial charge on any atom is -0.320 e. The van der Waals surface area contributed by atoms with E-state index in [4.69, 9.17) is 0 Å². The molecule has 21 heavy (non-hydrogen) atoms. The molecule has 0 saturated heterocycles. The maximum atomic E-state index is 12.2. The van der Waals surface area contributed by atoms with Crippen LogP contribution in [-0.4, -0.2) is 27.4 Å². The minimum atomic E-state index is -0.571. The fraction of sp³-hybridized carbons (Fsp3) is 0.231. The molecular formula is C13H14N4O3S.